The number of benzene rings is 1. The number of ether oxygens (including phenoxy) is 1. The van der Waals surface area contributed by atoms with E-state index in [0.717, 1.165) is 11.1 Å². The first-order valence-corrected chi connectivity index (χ1v) is 6.63. The summed E-state index contributed by atoms with van der Waals surface area (Å²) < 4.78 is 10.4. The molecule has 1 aliphatic rings. The van der Waals surface area contributed by atoms with Crippen LogP contribution in [-0.2, 0) is 9.53 Å². The minimum Gasteiger partial charge on any atom is -0.442 e. The molecule has 7 nitrogen and oxygen atoms in total. The summed E-state index contributed by atoms with van der Waals surface area (Å²) in [6.45, 7) is 3.98. The Morgan fingerprint density at radius 1 is 1.52 bits per heavy atom. The first-order valence-electron chi connectivity index (χ1n) is 6.63. The zero-order valence-corrected chi connectivity index (χ0v) is 11.8. The molecule has 21 heavy (non-hydrogen) atoms. The number of aromatic nitrogens is 1. The van der Waals surface area contributed by atoms with Gasteiger partial charge in [0.2, 0.25) is 5.91 Å². The number of hydrogen-bond acceptors (Lipinski definition) is 5. The van der Waals surface area contributed by atoms with Gasteiger partial charge < -0.3 is 14.6 Å². The maximum atomic E-state index is 11.9. The van der Waals surface area contributed by atoms with E-state index in [1.807, 2.05) is 19.1 Å². The molecule has 2 heterocycles. The number of carbonyl (C=O) groups is 2. The molecule has 1 fully saturated rings. The van der Waals surface area contributed by atoms with Gasteiger partial charge in [-0.2, -0.15) is 0 Å². The van der Waals surface area contributed by atoms with E-state index in [-0.39, 0.29) is 12.0 Å². The molecule has 0 unspecified atom stereocenters. The fourth-order valence-corrected chi connectivity index (χ4v) is 2.32. The fraction of sp³-hybridized carbons (Fsp3) is 0.357. The van der Waals surface area contributed by atoms with Crippen molar-refractivity contribution in [2.24, 2.45) is 0 Å². The highest BCUT2D eigenvalue weighted by Gasteiger charge is 2.32. The minimum absolute atomic E-state index is 0.150. The number of rotatable bonds is 3. The summed E-state index contributed by atoms with van der Waals surface area (Å²) in [5.74, 6) is -0.150. The van der Waals surface area contributed by atoms with E-state index in [1.165, 1.54) is 11.8 Å². The van der Waals surface area contributed by atoms with E-state index >= 15 is 0 Å². The summed E-state index contributed by atoms with van der Waals surface area (Å²) in [5, 5.41) is 7.45. The second-order valence-corrected chi connectivity index (χ2v) is 5.00. The third kappa shape index (κ3) is 2.54. The Morgan fingerprint density at radius 2 is 2.33 bits per heavy atom. The van der Waals surface area contributed by atoms with Crippen molar-refractivity contribution in [3.8, 4) is 0 Å². The predicted molar refractivity (Wildman–Crippen MR) is 75.0 cm³/mol. The Bertz CT molecular complexity index is 709. The van der Waals surface area contributed by atoms with E-state index < -0.39 is 6.09 Å². The summed E-state index contributed by atoms with van der Waals surface area (Å²) in [4.78, 5) is 24.3. The molecular formula is C14H15N3O4. The maximum absolute atomic E-state index is 11.9. The SMILES string of the molecule is CC(=O)NC[C@H]1CN(c2ccc3c(C)noc3c2)C(=O)O1. The van der Waals surface area contributed by atoms with E-state index in [4.69, 9.17) is 9.26 Å². The molecule has 0 aliphatic carbocycles. The molecule has 1 aromatic heterocycles. The van der Waals surface area contributed by atoms with Crippen LogP contribution in [0.5, 0.6) is 0 Å². The maximum Gasteiger partial charge on any atom is 0.414 e. The van der Waals surface area contributed by atoms with Crippen LogP contribution in [0.15, 0.2) is 22.7 Å². The lowest BCUT2D eigenvalue weighted by atomic mass is 10.2. The highest BCUT2D eigenvalue weighted by molar-refractivity contribution is 5.93. The van der Waals surface area contributed by atoms with Crippen LogP contribution in [0.4, 0.5) is 10.5 Å². The van der Waals surface area contributed by atoms with Crippen LogP contribution in [-0.4, -0.2) is 36.4 Å². The van der Waals surface area contributed by atoms with Crippen molar-refractivity contribution in [3.63, 3.8) is 0 Å². The number of nitrogens with one attached hydrogen (secondary N) is 1. The molecule has 110 valence electrons. The fourth-order valence-electron chi connectivity index (χ4n) is 2.32. The van der Waals surface area contributed by atoms with Gasteiger partial charge in [-0.15, -0.1) is 0 Å². The van der Waals surface area contributed by atoms with Crippen molar-refractivity contribution in [2.75, 3.05) is 18.0 Å². The number of anilines is 1. The second-order valence-electron chi connectivity index (χ2n) is 5.00. The standard InChI is InChI=1S/C14H15N3O4/c1-8-12-4-3-10(5-13(12)21-16-8)17-7-11(20-14(17)19)6-15-9(2)18/h3-5,11H,6-7H2,1-2H3,(H,15,18)/t11-/m0/s1. The van der Waals surface area contributed by atoms with Crippen molar-refractivity contribution < 1.29 is 18.8 Å². The first-order chi connectivity index (χ1) is 10.0. The molecule has 1 saturated heterocycles. The predicted octanol–water partition coefficient (Wildman–Crippen LogP) is 1.60. The van der Waals surface area contributed by atoms with Gasteiger partial charge in [-0.05, 0) is 19.1 Å². The van der Waals surface area contributed by atoms with Crippen molar-refractivity contribution in [3.05, 3.63) is 23.9 Å². The molecule has 0 radical (unpaired) electrons. The smallest absolute Gasteiger partial charge is 0.414 e. The molecule has 0 bridgehead atoms. The van der Waals surface area contributed by atoms with E-state index in [1.54, 1.807) is 6.07 Å². The van der Waals surface area contributed by atoms with Crippen molar-refractivity contribution in [1.82, 2.24) is 10.5 Å². The topological polar surface area (TPSA) is 84.7 Å². The average molecular weight is 289 g/mol. The normalized spacial score (nSPS) is 18.1. The summed E-state index contributed by atoms with van der Waals surface area (Å²) in [7, 11) is 0. The summed E-state index contributed by atoms with van der Waals surface area (Å²) in [5.41, 5.74) is 2.13. The van der Waals surface area contributed by atoms with Crippen molar-refractivity contribution in [2.45, 2.75) is 20.0 Å². The summed E-state index contributed by atoms with van der Waals surface area (Å²) in [6, 6.07) is 5.46. The lowest BCUT2D eigenvalue weighted by Gasteiger charge is -2.12. The van der Waals surface area contributed by atoms with Gasteiger partial charge in [-0.1, -0.05) is 5.16 Å². The van der Waals surface area contributed by atoms with Gasteiger partial charge in [-0.25, -0.2) is 4.79 Å². The average Bonchev–Trinajstić information content (AvgIpc) is 3.00. The number of carbonyl (C=O) groups excluding carboxylic acids is 2. The number of hydrogen-bond donors (Lipinski definition) is 1. The van der Waals surface area contributed by atoms with Gasteiger partial charge in [0, 0.05) is 18.4 Å². The molecule has 3 rings (SSSR count). The summed E-state index contributed by atoms with van der Waals surface area (Å²) in [6.07, 6.45) is -0.783. The van der Waals surface area contributed by atoms with Crippen LogP contribution in [0.25, 0.3) is 11.0 Å². The van der Waals surface area contributed by atoms with E-state index in [9.17, 15) is 9.59 Å². The molecule has 1 aromatic carbocycles. The number of amides is 2. The Morgan fingerprint density at radius 3 is 3.10 bits per heavy atom. The molecular weight excluding hydrogens is 274 g/mol. The van der Waals surface area contributed by atoms with Crippen LogP contribution >= 0.6 is 0 Å². The number of fused-ring (bicyclic) bond motifs is 1. The van der Waals surface area contributed by atoms with Crippen molar-refractivity contribution >= 4 is 28.7 Å². The molecule has 7 heteroatoms. The van der Waals surface area contributed by atoms with Crippen LogP contribution in [0.1, 0.15) is 12.6 Å². The molecule has 1 aliphatic heterocycles. The zero-order chi connectivity index (χ0) is 15.0. The Labute approximate surface area is 120 Å². The van der Waals surface area contributed by atoms with E-state index in [0.29, 0.717) is 24.4 Å². The van der Waals surface area contributed by atoms with Crippen LogP contribution in [0.2, 0.25) is 0 Å². The molecule has 0 saturated carbocycles. The molecule has 2 aromatic rings. The molecule has 1 atom stereocenters. The Balaban J connectivity index is 1.78. The van der Waals surface area contributed by atoms with Crippen molar-refractivity contribution in [1.29, 1.82) is 0 Å². The Hall–Kier alpha value is -2.57. The lowest BCUT2D eigenvalue weighted by Crippen LogP contribution is -2.33. The third-order valence-corrected chi connectivity index (χ3v) is 3.40. The highest BCUT2D eigenvalue weighted by Crippen LogP contribution is 2.27. The lowest BCUT2D eigenvalue weighted by molar-refractivity contribution is -0.119. The van der Waals surface area contributed by atoms with Crippen LogP contribution < -0.4 is 10.2 Å². The third-order valence-electron chi connectivity index (χ3n) is 3.40. The van der Waals surface area contributed by atoms with E-state index in [2.05, 4.69) is 10.5 Å². The van der Waals surface area contributed by atoms with Gasteiger partial charge in [-0.3, -0.25) is 9.69 Å². The zero-order valence-electron chi connectivity index (χ0n) is 11.8. The van der Waals surface area contributed by atoms with Gasteiger partial charge >= 0.3 is 6.09 Å². The van der Waals surface area contributed by atoms with Gasteiger partial charge in [0.25, 0.3) is 0 Å². The number of aryl methyl sites for hydroxylation is 1. The monoisotopic (exact) mass is 289 g/mol. The highest BCUT2D eigenvalue weighted by atomic mass is 16.6. The minimum atomic E-state index is -0.430. The molecule has 2 amide bonds. The van der Waals surface area contributed by atoms with Crippen LogP contribution in [0, 0.1) is 6.92 Å². The summed E-state index contributed by atoms with van der Waals surface area (Å²) >= 11 is 0. The van der Waals surface area contributed by atoms with Gasteiger partial charge in [0.15, 0.2) is 5.58 Å². The quantitative estimate of drug-likeness (QED) is 0.927. The number of cyclic esters (lactones) is 1. The number of nitrogens with zero attached hydrogens (tertiary/aromatic N) is 2. The largest absolute Gasteiger partial charge is 0.442 e. The molecule has 0 spiro atoms. The van der Waals surface area contributed by atoms with Crippen LogP contribution in [0.3, 0.4) is 0 Å². The molecule has 1 N–H and O–H groups in total. The Kier molecular flexibility index (Phi) is 3.25. The van der Waals surface area contributed by atoms with Gasteiger partial charge in [0.1, 0.15) is 6.10 Å². The van der Waals surface area contributed by atoms with Gasteiger partial charge in [0.05, 0.1) is 24.5 Å². The first kappa shape index (κ1) is 13.4. The second kappa shape index (κ2) is 5.08.